The maximum atomic E-state index is 12.6. The molecule has 28 heavy (non-hydrogen) atoms. The fourth-order valence-electron chi connectivity index (χ4n) is 4.36. The number of hydrogen-bond acceptors (Lipinski definition) is 5. The van der Waals surface area contributed by atoms with Crippen LogP contribution in [-0.4, -0.2) is 38.8 Å². The van der Waals surface area contributed by atoms with E-state index >= 15 is 0 Å². The van der Waals surface area contributed by atoms with Gasteiger partial charge in [0.25, 0.3) is 5.56 Å². The molecule has 4 rings (SSSR count). The van der Waals surface area contributed by atoms with Crippen LogP contribution in [0.15, 0.2) is 15.4 Å². The van der Waals surface area contributed by atoms with Crippen LogP contribution < -0.4 is 5.56 Å². The molecule has 0 spiro atoms. The van der Waals surface area contributed by atoms with E-state index < -0.39 is 0 Å². The van der Waals surface area contributed by atoms with Crippen molar-refractivity contribution in [2.24, 2.45) is 5.92 Å². The highest BCUT2D eigenvalue weighted by Crippen LogP contribution is 2.22. The lowest BCUT2D eigenvalue weighted by molar-refractivity contribution is -0.131. The zero-order valence-electron chi connectivity index (χ0n) is 16.7. The van der Waals surface area contributed by atoms with Crippen LogP contribution in [-0.2, 0) is 30.6 Å². The number of rotatable bonds is 4. The maximum absolute atomic E-state index is 12.6. The number of nitrogens with zero attached hydrogens (tertiary/aromatic N) is 4. The summed E-state index contributed by atoms with van der Waals surface area (Å²) >= 11 is 0. The van der Waals surface area contributed by atoms with E-state index in [1.165, 1.54) is 0 Å². The lowest BCUT2D eigenvalue weighted by atomic mass is 9.95. The molecule has 0 aromatic carbocycles. The molecule has 0 saturated carbocycles. The molecule has 1 saturated heterocycles. The monoisotopic (exact) mass is 384 g/mol. The maximum Gasteiger partial charge on any atom is 0.267 e. The highest BCUT2D eigenvalue weighted by molar-refractivity contribution is 5.79. The summed E-state index contributed by atoms with van der Waals surface area (Å²) in [6.45, 7) is 5.82. The predicted molar refractivity (Wildman–Crippen MR) is 104 cm³/mol. The number of likely N-dealkylation sites (tertiary alicyclic amines) is 1. The first-order chi connectivity index (χ1) is 13.5. The summed E-state index contributed by atoms with van der Waals surface area (Å²) in [5, 5.41) is 8.56. The molecular weight excluding hydrogens is 356 g/mol. The molecule has 2 aromatic rings. The second-order valence-corrected chi connectivity index (χ2v) is 8.15. The predicted octanol–water partition coefficient (Wildman–Crippen LogP) is 2.21. The molecule has 0 N–H and O–H groups in total. The summed E-state index contributed by atoms with van der Waals surface area (Å²) in [7, 11) is 0. The van der Waals surface area contributed by atoms with Crippen molar-refractivity contribution in [2.75, 3.05) is 13.1 Å². The lowest BCUT2D eigenvalue weighted by Crippen LogP contribution is -2.41. The van der Waals surface area contributed by atoms with E-state index in [9.17, 15) is 9.59 Å². The second kappa shape index (κ2) is 7.89. The molecule has 0 radical (unpaired) electrons. The third-order valence-corrected chi connectivity index (χ3v) is 6.18. The van der Waals surface area contributed by atoms with Gasteiger partial charge in [-0.15, -0.1) is 0 Å². The van der Waals surface area contributed by atoms with Crippen molar-refractivity contribution < 1.29 is 9.32 Å². The molecule has 1 aliphatic carbocycles. The average Bonchev–Trinajstić information content (AvgIpc) is 3.01. The summed E-state index contributed by atoms with van der Waals surface area (Å²) in [5.74, 6) is 1.23. The molecule has 2 aliphatic rings. The van der Waals surface area contributed by atoms with Crippen LogP contribution in [0.1, 0.15) is 54.0 Å². The van der Waals surface area contributed by atoms with Gasteiger partial charge in [0.05, 0.1) is 17.8 Å². The molecule has 7 heteroatoms. The number of carbonyl (C=O) groups excluding carboxylic acids is 1. The highest BCUT2D eigenvalue weighted by atomic mass is 16.5. The summed E-state index contributed by atoms with van der Waals surface area (Å²) in [6.07, 6.45) is 6.41. The Kier molecular flexibility index (Phi) is 5.33. The van der Waals surface area contributed by atoms with Crippen molar-refractivity contribution in [3.8, 4) is 0 Å². The standard InChI is InChI=1S/C21H28N4O3/c1-14-18(15(2)28-23-14)12-20(26)24-9-7-16(8-10-24)13-25-21(27)11-17-5-3-4-6-19(17)22-25/h11,16H,3-10,12-13H2,1-2H3. The number of amides is 1. The molecular formula is C21H28N4O3. The van der Waals surface area contributed by atoms with Crippen LogP contribution >= 0.6 is 0 Å². The molecule has 0 atom stereocenters. The van der Waals surface area contributed by atoms with Crippen molar-refractivity contribution in [1.82, 2.24) is 19.8 Å². The normalized spacial score (nSPS) is 17.6. The third-order valence-electron chi connectivity index (χ3n) is 6.18. The Labute approximate surface area is 164 Å². The van der Waals surface area contributed by atoms with Crippen molar-refractivity contribution in [1.29, 1.82) is 0 Å². The first kappa shape index (κ1) is 18.9. The fraction of sp³-hybridized carbons (Fsp3) is 0.619. The minimum Gasteiger partial charge on any atom is -0.361 e. The number of carbonyl (C=O) groups is 1. The van der Waals surface area contributed by atoms with Gasteiger partial charge in [0.1, 0.15) is 5.76 Å². The van der Waals surface area contributed by atoms with Gasteiger partial charge in [-0.05, 0) is 63.9 Å². The van der Waals surface area contributed by atoms with Crippen LogP contribution in [0.3, 0.4) is 0 Å². The van der Waals surface area contributed by atoms with Crippen molar-refractivity contribution in [3.63, 3.8) is 0 Å². The summed E-state index contributed by atoms with van der Waals surface area (Å²) in [4.78, 5) is 27.0. The third kappa shape index (κ3) is 3.88. The van der Waals surface area contributed by atoms with Gasteiger partial charge in [0, 0.05) is 31.3 Å². The Bertz CT molecular complexity index is 903. The Morgan fingerprint density at radius 3 is 2.68 bits per heavy atom. The summed E-state index contributed by atoms with van der Waals surface area (Å²) in [5.41, 5.74) is 3.93. The minimum atomic E-state index is 0.0116. The fourth-order valence-corrected chi connectivity index (χ4v) is 4.36. The molecule has 0 bridgehead atoms. The van der Waals surface area contributed by atoms with E-state index in [2.05, 4.69) is 10.3 Å². The molecule has 2 aromatic heterocycles. The molecule has 150 valence electrons. The zero-order chi connectivity index (χ0) is 19.7. The molecule has 1 amide bonds. The number of aryl methyl sites for hydroxylation is 4. The van der Waals surface area contributed by atoms with E-state index in [0.717, 1.165) is 79.9 Å². The number of aromatic nitrogens is 3. The van der Waals surface area contributed by atoms with Gasteiger partial charge in [-0.3, -0.25) is 9.59 Å². The lowest BCUT2D eigenvalue weighted by Gasteiger charge is -2.32. The minimum absolute atomic E-state index is 0.0116. The second-order valence-electron chi connectivity index (χ2n) is 8.15. The SMILES string of the molecule is Cc1noc(C)c1CC(=O)N1CCC(Cn2nc3c(cc2=O)CCCC3)CC1. The summed E-state index contributed by atoms with van der Waals surface area (Å²) in [6, 6.07) is 1.78. The number of hydrogen-bond donors (Lipinski definition) is 0. The van der Waals surface area contributed by atoms with Gasteiger partial charge >= 0.3 is 0 Å². The van der Waals surface area contributed by atoms with Gasteiger partial charge < -0.3 is 9.42 Å². The Balaban J connectivity index is 1.34. The number of fused-ring (bicyclic) bond motifs is 1. The Hall–Kier alpha value is -2.44. The average molecular weight is 384 g/mol. The van der Waals surface area contributed by atoms with Gasteiger partial charge in [0.2, 0.25) is 5.91 Å². The van der Waals surface area contributed by atoms with Gasteiger partial charge in [-0.1, -0.05) is 5.16 Å². The van der Waals surface area contributed by atoms with Crippen LogP contribution in [0.2, 0.25) is 0 Å². The molecule has 0 unspecified atom stereocenters. The zero-order valence-corrected chi connectivity index (χ0v) is 16.7. The van der Waals surface area contributed by atoms with Crippen molar-refractivity contribution >= 4 is 5.91 Å². The van der Waals surface area contributed by atoms with Crippen LogP contribution in [0.5, 0.6) is 0 Å². The van der Waals surface area contributed by atoms with Crippen molar-refractivity contribution in [3.05, 3.63) is 44.7 Å². The first-order valence-electron chi connectivity index (χ1n) is 10.3. The van der Waals surface area contributed by atoms with Gasteiger partial charge in [-0.2, -0.15) is 5.10 Å². The van der Waals surface area contributed by atoms with E-state index in [-0.39, 0.29) is 11.5 Å². The van der Waals surface area contributed by atoms with Crippen LogP contribution in [0, 0.1) is 19.8 Å². The number of piperidine rings is 1. The first-order valence-corrected chi connectivity index (χ1v) is 10.3. The van der Waals surface area contributed by atoms with Gasteiger partial charge in [0.15, 0.2) is 0 Å². The Morgan fingerprint density at radius 1 is 1.21 bits per heavy atom. The molecule has 3 heterocycles. The van der Waals surface area contributed by atoms with Crippen molar-refractivity contribution in [2.45, 2.75) is 65.3 Å². The van der Waals surface area contributed by atoms with Crippen LogP contribution in [0.4, 0.5) is 0 Å². The smallest absolute Gasteiger partial charge is 0.267 e. The van der Waals surface area contributed by atoms with E-state index in [4.69, 9.17) is 4.52 Å². The molecule has 7 nitrogen and oxygen atoms in total. The van der Waals surface area contributed by atoms with E-state index in [1.807, 2.05) is 18.7 Å². The van der Waals surface area contributed by atoms with E-state index in [1.54, 1.807) is 10.7 Å². The highest BCUT2D eigenvalue weighted by Gasteiger charge is 2.25. The Morgan fingerprint density at radius 2 is 1.96 bits per heavy atom. The van der Waals surface area contributed by atoms with E-state index in [0.29, 0.717) is 18.9 Å². The largest absolute Gasteiger partial charge is 0.361 e. The van der Waals surface area contributed by atoms with Gasteiger partial charge in [-0.25, -0.2) is 4.68 Å². The molecule has 1 fully saturated rings. The summed E-state index contributed by atoms with van der Waals surface area (Å²) < 4.78 is 6.81. The topological polar surface area (TPSA) is 81.2 Å². The molecule has 1 aliphatic heterocycles. The quantitative estimate of drug-likeness (QED) is 0.807. The van der Waals surface area contributed by atoms with Crippen LogP contribution in [0.25, 0.3) is 0 Å².